The molecule has 0 aliphatic carbocycles. The fourth-order valence-electron chi connectivity index (χ4n) is 1.74. The molecule has 0 saturated carbocycles. The van der Waals surface area contributed by atoms with Gasteiger partial charge in [0.05, 0.1) is 4.90 Å². The van der Waals surface area contributed by atoms with Crippen LogP contribution >= 0.6 is 0 Å². The van der Waals surface area contributed by atoms with Gasteiger partial charge in [-0.1, -0.05) is 0 Å². The SMILES string of the molecule is Cc1ncc(Oc2ccc(S(=O)(=O)c3cccnn3)cc2)o1. The molecule has 0 unspecified atom stereocenters. The highest BCUT2D eigenvalue weighted by molar-refractivity contribution is 7.91. The first kappa shape index (κ1) is 14.2. The Balaban J connectivity index is 1.85. The molecular formula is C14H11N3O4S. The largest absolute Gasteiger partial charge is 0.425 e. The highest BCUT2D eigenvalue weighted by Crippen LogP contribution is 2.25. The van der Waals surface area contributed by atoms with Crippen LogP contribution in [0.15, 0.2) is 63.1 Å². The summed E-state index contributed by atoms with van der Waals surface area (Å²) in [6, 6.07) is 8.83. The van der Waals surface area contributed by atoms with Gasteiger partial charge in [-0.15, -0.1) is 5.10 Å². The van der Waals surface area contributed by atoms with Gasteiger partial charge >= 0.3 is 5.95 Å². The second kappa shape index (κ2) is 5.57. The molecule has 0 aliphatic rings. The normalized spacial score (nSPS) is 11.3. The molecule has 0 bridgehead atoms. The molecule has 1 aromatic carbocycles. The molecule has 8 heteroatoms. The van der Waals surface area contributed by atoms with Crippen molar-refractivity contribution in [2.45, 2.75) is 16.8 Å². The van der Waals surface area contributed by atoms with Crippen LogP contribution in [-0.4, -0.2) is 23.6 Å². The zero-order valence-corrected chi connectivity index (χ0v) is 12.3. The molecule has 0 aliphatic heterocycles. The summed E-state index contributed by atoms with van der Waals surface area (Å²) in [7, 11) is -3.69. The van der Waals surface area contributed by atoms with E-state index < -0.39 is 9.84 Å². The molecule has 3 aromatic rings. The summed E-state index contributed by atoms with van der Waals surface area (Å²) in [5.74, 6) is 1.16. The number of benzene rings is 1. The van der Waals surface area contributed by atoms with Crippen molar-refractivity contribution in [3.05, 3.63) is 54.7 Å². The number of ether oxygens (including phenoxy) is 1. The molecule has 112 valence electrons. The summed E-state index contributed by atoms with van der Waals surface area (Å²) in [5.41, 5.74) is 0. The highest BCUT2D eigenvalue weighted by Gasteiger charge is 2.19. The fourth-order valence-corrected chi connectivity index (χ4v) is 2.89. The zero-order chi connectivity index (χ0) is 15.6. The van der Waals surface area contributed by atoms with E-state index in [-0.39, 0.29) is 15.9 Å². The lowest BCUT2D eigenvalue weighted by atomic mass is 10.3. The third kappa shape index (κ3) is 2.82. The minimum atomic E-state index is -3.69. The van der Waals surface area contributed by atoms with Crippen LogP contribution in [0.5, 0.6) is 11.7 Å². The van der Waals surface area contributed by atoms with Crippen molar-refractivity contribution in [3.8, 4) is 11.7 Å². The predicted octanol–water partition coefficient (Wildman–Crippen LogP) is 2.40. The Kier molecular flexibility index (Phi) is 3.60. The Bertz CT molecular complexity index is 874. The Labute approximate surface area is 126 Å². The van der Waals surface area contributed by atoms with E-state index in [2.05, 4.69) is 15.2 Å². The average molecular weight is 317 g/mol. The van der Waals surface area contributed by atoms with Gasteiger partial charge in [0.25, 0.3) is 0 Å². The maximum atomic E-state index is 12.3. The Morgan fingerprint density at radius 1 is 1.14 bits per heavy atom. The Morgan fingerprint density at radius 2 is 1.91 bits per heavy atom. The molecule has 7 nitrogen and oxygen atoms in total. The van der Waals surface area contributed by atoms with E-state index in [0.29, 0.717) is 11.6 Å². The molecular weight excluding hydrogens is 306 g/mol. The number of aromatic nitrogens is 3. The van der Waals surface area contributed by atoms with Crippen LogP contribution in [0, 0.1) is 6.92 Å². The number of oxazole rings is 1. The minimum absolute atomic E-state index is 0.102. The molecule has 2 heterocycles. The number of sulfone groups is 1. The molecule has 0 spiro atoms. The first-order chi connectivity index (χ1) is 10.6. The number of rotatable bonds is 4. The van der Waals surface area contributed by atoms with Crippen molar-refractivity contribution < 1.29 is 17.6 Å². The molecule has 0 amide bonds. The van der Waals surface area contributed by atoms with Crippen LogP contribution in [0.1, 0.15) is 5.89 Å². The predicted molar refractivity (Wildman–Crippen MR) is 75.2 cm³/mol. The summed E-state index contributed by atoms with van der Waals surface area (Å²) in [6.07, 6.45) is 2.86. The average Bonchev–Trinajstić information content (AvgIpc) is 2.94. The van der Waals surface area contributed by atoms with Gasteiger partial charge in [-0.25, -0.2) is 13.4 Å². The van der Waals surface area contributed by atoms with Crippen LogP contribution in [0.2, 0.25) is 0 Å². The number of nitrogens with zero attached hydrogens (tertiary/aromatic N) is 3. The van der Waals surface area contributed by atoms with Gasteiger partial charge in [0, 0.05) is 13.1 Å². The molecule has 22 heavy (non-hydrogen) atoms. The number of hydrogen-bond acceptors (Lipinski definition) is 7. The third-order valence-corrected chi connectivity index (χ3v) is 4.44. The van der Waals surface area contributed by atoms with Crippen molar-refractivity contribution >= 4 is 9.84 Å². The number of aryl methyl sites for hydroxylation is 1. The second-order valence-electron chi connectivity index (χ2n) is 4.34. The van der Waals surface area contributed by atoms with Crippen LogP contribution < -0.4 is 4.74 Å². The van der Waals surface area contributed by atoms with Crippen molar-refractivity contribution in [1.29, 1.82) is 0 Å². The van der Waals surface area contributed by atoms with Crippen molar-refractivity contribution in [2.75, 3.05) is 0 Å². The molecule has 0 saturated heterocycles. The standard InChI is InChI=1S/C14H11N3O4S/c1-10-15-9-14(20-10)21-11-4-6-12(7-5-11)22(18,19)13-3-2-8-16-17-13/h2-9H,1H3. The van der Waals surface area contributed by atoms with Gasteiger partial charge in [-0.2, -0.15) is 5.10 Å². The van der Waals surface area contributed by atoms with Gasteiger partial charge in [-0.3, -0.25) is 0 Å². The lowest BCUT2D eigenvalue weighted by Gasteiger charge is -2.05. The minimum Gasteiger partial charge on any atom is -0.425 e. The first-order valence-corrected chi connectivity index (χ1v) is 7.77. The zero-order valence-electron chi connectivity index (χ0n) is 11.5. The summed E-state index contributed by atoms with van der Waals surface area (Å²) in [4.78, 5) is 4.01. The van der Waals surface area contributed by atoms with Crippen LogP contribution in [0.3, 0.4) is 0 Å². The summed E-state index contributed by atoms with van der Waals surface area (Å²) < 4.78 is 35.3. The topological polar surface area (TPSA) is 95.2 Å². The smallest absolute Gasteiger partial charge is 0.310 e. The van der Waals surface area contributed by atoms with Crippen LogP contribution in [0.25, 0.3) is 0 Å². The molecule has 3 rings (SSSR count). The van der Waals surface area contributed by atoms with Gasteiger partial charge in [0.2, 0.25) is 9.84 Å². The van der Waals surface area contributed by atoms with Crippen LogP contribution in [0.4, 0.5) is 0 Å². The summed E-state index contributed by atoms with van der Waals surface area (Å²) in [5, 5.41) is 7.10. The van der Waals surface area contributed by atoms with E-state index in [1.165, 1.54) is 48.8 Å². The maximum Gasteiger partial charge on any atom is 0.310 e. The first-order valence-electron chi connectivity index (χ1n) is 6.29. The fraction of sp³-hybridized carbons (Fsp3) is 0.0714. The van der Waals surface area contributed by atoms with E-state index in [0.717, 1.165) is 0 Å². The van der Waals surface area contributed by atoms with Gasteiger partial charge in [0.1, 0.15) is 11.9 Å². The van der Waals surface area contributed by atoms with Gasteiger partial charge < -0.3 is 9.15 Å². The second-order valence-corrected chi connectivity index (χ2v) is 6.23. The maximum absolute atomic E-state index is 12.3. The molecule has 0 fully saturated rings. The Hall–Kier alpha value is -2.74. The molecule has 2 aromatic heterocycles. The molecule has 0 N–H and O–H groups in total. The van der Waals surface area contributed by atoms with Crippen LogP contribution in [-0.2, 0) is 9.84 Å². The van der Waals surface area contributed by atoms with Gasteiger partial charge in [0.15, 0.2) is 10.9 Å². The van der Waals surface area contributed by atoms with Crippen molar-refractivity contribution in [1.82, 2.24) is 15.2 Å². The lowest BCUT2D eigenvalue weighted by Crippen LogP contribution is -2.04. The van der Waals surface area contributed by atoms with E-state index in [1.54, 1.807) is 6.92 Å². The highest BCUT2D eigenvalue weighted by atomic mass is 32.2. The quantitative estimate of drug-likeness (QED) is 0.729. The third-order valence-electron chi connectivity index (χ3n) is 2.78. The van der Waals surface area contributed by atoms with Crippen molar-refractivity contribution in [3.63, 3.8) is 0 Å². The van der Waals surface area contributed by atoms with E-state index in [1.807, 2.05) is 0 Å². The van der Waals surface area contributed by atoms with E-state index in [9.17, 15) is 8.42 Å². The summed E-state index contributed by atoms with van der Waals surface area (Å²) >= 11 is 0. The number of hydrogen-bond donors (Lipinski definition) is 0. The molecule has 0 atom stereocenters. The lowest BCUT2D eigenvalue weighted by molar-refractivity contribution is 0.336. The van der Waals surface area contributed by atoms with E-state index >= 15 is 0 Å². The van der Waals surface area contributed by atoms with E-state index in [4.69, 9.17) is 9.15 Å². The van der Waals surface area contributed by atoms with Crippen molar-refractivity contribution in [2.24, 2.45) is 0 Å². The molecule has 0 radical (unpaired) electrons. The summed E-state index contributed by atoms with van der Waals surface area (Å²) in [6.45, 7) is 1.70. The van der Waals surface area contributed by atoms with Gasteiger partial charge in [-0.05, 0) is 36.4 Å². The Morgan fingerprint density at radius 3 is 2.50 bits per heavy atom. The monoisotopic (exact) mass is 317 g/mol.